The molecule has 0 aliphatic carbocycles. The Morgan fingerprint density at radius 2 is 1.90 bits per heavy atom. The number of amides is 1. The van der Waals surface area contributed by atoms with Crippen LogP contribution >= 0.6 is 0 Å². The molecule has 1 saturated heterocycles. The minimum Gasteiger partial charge on any atom is -0.381 e. The van der Waals surface area contributed by atoms with Crippen molar-refractivity contribution in [3.63, 3.8) is 0 Å². The highest BCUT2D eigenvalue weighted by Gasteiger charge is 2.23. The van der Waals surface area contributed by atoms with Gasteiger partial charge < -0.3 is 10.1 Å². The van der Waals surface area contributed by atoms with Crippen molar-refractivity contribution in [3.05, 3.63) is 23.3 Å². The fourth-order valence-corrected chi connectivity index (χ4v) is 2.94. The zero-order valence-electron chi connectivity index (χ0n) is 12.2. The molecule has 0 unspecified atom stereocenters. The zero-order valence-corrected chi connectivity index (χ0v) is 13.0. The summed E-state index contributed by atoms with van der Waals surface area (Å²) in [6.07, 6.45) is 1.36. The lowest BCUT2D eigenvalue weighted by Gasteiger charge is -2.22. The smallest absolute Gasteiger partial charge is 0.238 e. The molecule has 0 saturated carbocycles. The average Bonchev–Trinajstić information content (AvgIpc) is 2.43. The summed E-state index contributed by atoms with van der Waals surface area (Å²) in [6, 6.07) is 2.92. The van der Waals surface area contributed by atoms with E-state index in [4.69, 9.17) is 9.88 Å². The number of anilines is 1. The molecule has 0 radical (unpaired) electrons. The van der Waals surface area contributed by atoms with E-state index in [1.54, 1.807) is 6.92 Å². The van der Waals surface area contributed by atoms with Crippen LogP contribution in [0.4, 0.5) is 5.69 Å². The minimum atomic E-state index is -3.80. The standard InChI is InChI=1S/C14H20N2O4S/c1-9-7-12(21(15,18)19)8-13(10(9)2)16-14(17)11-3-5-20-6-4-11/h7-8,11H,3-6H2,1-2H3,(H,16,17)(H2,15,18,19). The quantitative estimate of drug-likeness (QED) is 0.879. The topological polar surface area (TPSA) is 98.5 Å². The maximum atomic E-state index is 12.2. The first-order chi connectivity index (χ1) is 9.79. The molecule has 1 aromatic carbocycles. The molecular weight excluding hydrogens is 292 g/mol. The number of primary sulfonamides is 1. The number of ether oxygens (including phenoxy) is 1. The van der Waals surface area contributed by atoms with Gasteiger partial charge in [-0.15, -0.1) is 0 Å². The molecule has 0 bridgehead atoms. The van der Waals surface area contributed by atoms with Crippen molar-refractivity contribution in [2.75, 3.05) is 18.5 Å². The molecule has 1 heterocycles. The number of sulfonamides is 1. The van der Waals surface area contributed by atoms with Gasteiger partial charge in [-0.3, -0.25) is 4.79 Å². The van der Waals surface area contributed by atoms with Gasteiger partial charge in [0.1, 0.15) is 0 Å². The maximum absolute atomic E-state index is 12.2. The lowest BCUT2D eigenvalue weighted by molar-refractivity contribution is -0.122. The van der Waals surface area contributed by atoms with Crippen LogP contribution in [0.1, 0.15) is 24.0 Å². The average molecular weight is 312 g/mol. The SMILES string of the molecule is Cc1cc(S(N)(=O)=O)cc(NC(=O)C2CCOCC2)c1C. The van der Waals surface area contributed by atoms with E-state index >= 15 is 0 Å². The van der Waals surface area contributed by atoms with E-state index in [1.807, 2.05) is 6.92 Å². The molecule has 116 valence electrons. The molecule has 0 atom stereocenters. The van der Waals surface area contributed by atoms with Crippen LogP contribution in [0.15, 0.2) is 17.0 Å². The fourth-order valence-electron chi connectivity index (χ4n) is 2.31. The third-order valence-corrected chi connectivity index (χ3v) is 4.71. The van der Waals surface area contributed by atoms with E-state index in [-0.39, 0.29) is 16.7 Å². The summed E-state index contributed by atoms with van der Waals surface area (Å²) in [6.45, 7) is 4.77. The van der Waals surface area contributed by atoms with Crippen molar-refractivity contribution in [2.24, 2.45) is 11.1 Å². The van der Waals surface area contributed by atoms with Gasteiger partial charge >= 0.3 is 0 Å². The number of nitrogens with one attached hydrogen (secondary N) is 1. The number of aryl methyl sites for hydroxylation is 1. The first-order valence-electron chi connectivity index (χ1n) is 6.81. The number of benzene rings is 1. The van der Waals surface area contributed by atoms with E-state index in [0.717, 1.165) is 11.1 Å². The number of rotatable bonds is 3. The molecular formula is C14H20N2O4S. The highest BCUT2D eigenvalue weighted by molar-refractivity contribution is 7.89. The molecule has 1 aliphatic rings. The van der Waals surface area contributed by atoms with Gasteiger partial charge in [0, 0.05) is 24.8 Å². The van der Waals surface area contributed by atoms with Crippen LogP contribution < -0.4 is 10.5 Å². The minimum absolute atomic E-state index is 0.00729. The second kappa shape index (κ2) is 6.13. The number of carbonyl (C=O) groups excluding carboxylic acids is 1. The Bertz CT molecular complexity index is 649. The summed E-state index contributed by atoms with van der Waals surface area (Å²) < 4.78 is 28.2. The molecule has 6 nitrogen and oxygen atoms in total. The Kier molecular flexibility index (Phi) is 4.65. The second-order valence-electron chi connectivity index (χ2n) is 5.33. The van der Waals surface area contributed by atoms with E-state index < -0.39 is 10.0 Å². The molecule has 1 fully saturated rings. The number of carbonyl (C=O) groups is 1. The van der Waals surface area contributed by atoms with Gasteiger partial charge in [0.15, 0.2) is 0 Å². The van der Waals surface area contributed by atoms with Crippen molar-refractivity contribution >= 4 is 21.6 Å². The predicted molar refractivity (Wildman–Crippen MR) is 79.5 cm³/mol. The number of nitrogens with two attached hydrogens (primary N) is 1. The van der Waals surface area contributed by atoms with Crippen molar-refractivity contribution in [2.45, 2.75) is 31.6 Å². The lowest BCUT2D eigenvalue weighted by Crippen LogP contribution is -2.29. The Labute approximate surface area is 124 Å². The molecule has 21 heavy (non-hydrogen) atoms. The van der Waals surface area contributed by atoms with Crippen molar-refractivity contribution in [1.29, 1.82) is 0 Å². The van der Waals surface area contributed by atoms with Crippen LogP contribution in [0.5, 0.6) is 0 Å². The number of hydrogen-bond donors (Lipinski definition) is 2. The lowest BCUT2D eigenvalue weighted by atomic mass is 9.99. The van der Waals surface area contributed by atoms with Gasteiger partial charge in [-0.05, 0) is 49.9 Å². The molecule has 2 rings (SSSR count). The maximum Gasteiger partial charge on any atom is 0.238 e. The van der Waals surface area contributed by atoms with Crippen LogP contribution in [0.2, 0.25) is 0 Å². The summed E-state index contributed by atoms with van der Waals surface area (Å²) in [5, 5.41) is 7.98. The molecule has 1 aliphatic heterocycles. The number of hydrogen-bond acceptors (Lipinski definition) is 4. The van der Waals surface area contributed by atoms with E-state index in [0.29, 0.717) is 31.7 Å². The van der Waals surface area contributed by atoms with Gasteiger partial charge in [0.05, 0.1) is 4.90 Å². The summed E-state index contributed by atoms with van der Waals surface area (Å²) in [7, 11) is -3.80. The molecule has 1 amide bonds. The summed E-state index contributed by atoms with van der Waals surface area (Å²) in [4.78, 5) is 12.3. The third-order valence-electron chi connectivity index (χ3n) is 3.82. The molecule has 7 heteroatoms. The van der Waals surface area contributed by atoms with Crippen molar-refractivity contribution in [3.8, 4) is 0 Å². The highest BCUT2D eigenvalue weighted by Crippen LogP contribution is 2.25. The first-order valence-corrected chi connectivity index (χ1v) is 8.36. The van der Waals surface area contributed by atoms with Gasteiger partial charge in [-0.2, -0.15) is 0 Å². The van der Waals surface area contributed by atoms with Crippen LogP contribution in [-0.2, 0) is 19.6 Å². The first kappa shape index (κ1) is 15.9. The van der Waals surface area contributed by atoms with Crippen LogP contribution in [0, 0.1) is 19.8 Å². The van der Waals surface area contributed by atoms with Gasteiger partial charge in [-0.1, -0.05) is 0 Å². The Hall–Kier alpha value is -1.44. The van der Waals surface area contributed by atoms with Crippen molar-refractivity contribution in [1.82, 2.24) is 0 Å². The van der Waals surface area contributed by atoms with Crippen LogP contribution in [-0.4, -0.2) is 27.5 Å². The third kappa shape index (κ3) is 3.81. The predicted octanol–water partition coefficient (Wildman–Crippen LogP) is 1.32. The van der Waals surface area contributed by atoms with Crippen LogP contribution in [0.3, 0.4) is 0 Å². The van der Waals surface area contributed by atoms with E-state index in [1.165, 1.54) is 12.1 Å². The fraction of sp³-hybridized carbons (Fsp3) is 0.500. The highest BCUT2D eigenvalue weighted by atomic mass is 32.2. The van der Waals surface area contributed by atoms with E-state index in [9.17, 15) is 13.2 Å². The van der Waals surface area contributed by atoms with Crippen LogP contribution in [0.25, 0.3) is 0 Å². The monoisotopic (exact) mass is 312 g/mol. The van der Waals surface area contributed by atoms with E-state index in [2.05, 4.69) is 5.32 Å². The largest absolute Gasteiger partial charge is 0.381 e. The van der Waals surface area contributed by atoms with Gasteiger partial charge in [0.25, 0.3) is 0 Å². The molecule has 0 aromatic heterocycles. The Morgan fingerprint density at radius 3 is 2.48 bits per heavy atom. The summed E-state index contributed by atoms with van der Waals surface area (Å²) in [5.41, 5.74) is 2.10. The second-order valence-corrected chi connectivity index (χ2v) is 6.90. The Balaban J connectivity index is 2.26. The van der Waals surface area contributed by atoms with Gasteiger partial charge in [0.2, 0.25) is 15.9 Å². The zero-order chi connectivity index (χ0) is 15.6. The Morgan fingerprint density at radius 1 is 1.29 bits per heavy atom. The molecule has 0 spiro atoms. The summed E-state index contributed by atoms with van der Waals surface area (Å²) in [5.74, 6) is -0.205. The van der Waals surface area contributed by atoms with Crippen molar-refractivity contribution < 1.29 is 17.9 Å². The molecule has 3 N–H and O–H groups in total. The molecule has 1 aromatic rings. The summed E-state index contributed by atoms with van der Waals surface area (Å²) >= 11 is 0. The van der Waals surface area contributed by atoms with Gasteiger partial charge in [-0.25, -0.2) is 13.6 Å². The normalized spacial score (nSPS) is 16.7.